The van der Waals surface area contributed by atoms with Gasteiger partial charge in [-0.25, -0.2) is 8.42 Å². The molecule has 0 radical (unpaired) electrons. The third-order valence-electron chi connectivity index (χ3n) is 4.11. The molecule has 0 aliphatic heterocycles. The smallest absolute Gasteiger partial charge is 0.0945 e. The second-order valence-corrected chi connectivity index (χ2v) is 7.28. The molecule has 0 amide bonds. The molecule has 124 valence electrons. The van der Waals surface area contributed by atoms with Gasteiger partial charge in [0.2, 0.25) is 0 Å². The number of hydrogen-bond acceptors (Lipinski definition) is 3. The summed E-state index contributed by atoms with van der Waals surface area (Å²) in [4.78, 5) is 0. The van der Waals surface area contributed by atoms with Crippen LogP contribution < -0.4 is 0 Å². The zero-order valence-electron chi connectivity index (χ0n) is 14.3. The molecule has 0 aliphatic carbocycles. The normalized spacial score (nSPS) is 12.2. The third kappa shape index (κ3) is 12.9. The van der Waals surface area contributed by atoms with Crippen molar-refractivity contribution in [3.8, 4) is 0 Å². The summed E-state index contributed by atoms with van der Waals surface area (Å²) < 4.78 is 31.6. The second kappa shape index (κ2) is 11.5. The Bertz CT molecular complexity index is 292. The van der Waals surface area contributed by atoms with Gasteiger partial charge in [0, 0.05) is 5.75 Å². The van der Waals surface area contributed by atoms with E-state index in [9.17, 15) is 13.0 Å². The summed E-state index contributed by atoms with van der Waals surface area (Å²) in [5.41, 5.74) is 0. The Hall–Kier alpha value is -0.130. The molecule has 0 heterocycles. The van der Waals surface area contributed by atoms with Gasteiger partial charge in [-0.15, -0.1) is 0 Å². The molecule has 5 heteroatoms. The van der Waals surface area contributed by atoms with Crippen molar-refractivity contribution in [3.05, 3.63) is 0 Å². The molecule has 0 spiro atoms. The predicted octanol–water partition coefficient (Wildman–Crippen LogP) is 3.24. The zero-order chi connectivity index (χ0) is 16.2. The lowest BCUT2D eigenvalue weighted by molar-refractivity contribution is -0.921. The lowest BCUT2D eigenvalue weighted by Crippen LogP contribution is -2.47. The minimum atomic E-state index is -3.97. The van der Waals surface area contributed by atoms with Gasteiger partial charge in [0.1, 0.15) is 0 Å². The first kappa shape index (κ1) is 22.2. The molecule has 0 bridgehead atoms. The van der Waals surface area contributed by atoms with Crippen LogP contribution in [0.2, 0.25) is 0 Å². The van der Waals surface area contributed by atoms with E-state index in [0.29, 0.717) is 12.3 Å². The molecule has 0 unspecified atom stereocenters. The highest BCUT2D eigenvalue weighted by Gasteiger charge is 2.16. The Kier molecular flexibility index (Phi) is 12.8. The maximum absolute atomic E-state index is 10.1. The monoisotopic (exact) mass is 309 g/mol. The quantitative estimate of drug-likeness (QED) is 0.373. The fourth-order valence-corrected chi connectivity index (χ4v) is 2.73. The van der Waals surface area contributed by atoms with Crippen LogP contribution in [0.3, 0.4) is 0 Å². The van der Waals surface area contributed by atoms with E-state index in [1.54, 1.807) is 0 Å². The Morgan fingerprint density at radius 3 is 1.50 bits per heavy atom. The maximum atomic E-state index is 10.1. The number of unbranched alkanes of at least 4 members (excludes halogenated alkanes) is 1. The van der Waals surface area contributed by atoms with Crippen LogP contribution in [0.5, 0.6) is 0 Å². The molecule has 0 aromatic rings. The summed E-state index contributed by atoms with van der Waals surface area (Å²) in [6.45, 7) is 18.4. The van der Waals surface area contributed by atoms with Crippen LogP contribution in [-0.4, -0.2) is 49.4 Å². The van der Waals surface area contributed by atoms with E-state index in [4.69, 9.17) is 0 Å². The SMILES string of the molecule is CC(C)CCCCS(=O)(=O)[O-].CC[N+](CC)(CC)CC. The summed E-state index contributed by atoms with van der Waals surface area (Å²) >= 11 is 0. The van der Waals surface area contributed by atoms with Gasteiger partial charge in [0.15, 0.2) is 0 Å². The highest BCUT2D eigenvalue weighted by atomic mass is 32.2. The minimum Gasteiger partial charge on any atom is -0.748 e. The minimum absolute atomic E-state index is 0.209. The molecule has 0 aliphatic rings. The van der Waals surface area contributed by atoms with Gasteiger partial charge < -0.3 is 9.04 Å². The third-order valence-corrected chi connectivity index (χ3v) is 4.90. The predicted molar refractivity (Wildman–Crippen MR) is 85.7 cm³/mol. The Balaban J connectivity index is 0. The van der Waals surface area contributed by atoms with E-state index in [1.165, 1.54) is 30.7 Å². The first-order chi connectivity index (χ1) is 9.16. The summed E-state index contributed by atoms with van der Waals surface area (Å²) in [5.74, 6) is 0.379. The van der Waals surface area contributed by atoms with Crippen LogP contribution in [0.4, 0.5) is 0 Å². The average molecular weight is 310 g/mol. The lowest BCUT2D eigenvalue weighted by atomic mass is 10.1. The molecule has 20 heavy (non-hydrogen) atoms. The van der Waals surface area contributed by atoms with E-state index < -0.39 is 10.1 Å². The van der Waals surface area contributed by atoms with E-state index >= 15 is 0 Å². The van der Waals surface area contributed by atoms with Gasteiger partial charge in [-0.2, -0.15) is 0 Å². The van der Waals surface area contributed by atoms with Crippen LogP contribution in [0.25, 0.3) is 0 Å². The van der Waals surface area contributed by atoms with Crippen molar-refractivity contribution in [2.24, 2.45) is 5.92 Å². The van der Waals surface area contributed by atoms with Gasteiger partial charge in [-0.3, -0.25) is 0 Å². The van der Waals surface area contributed by atoms with Crippen molar-refractivity contribution >= 4 is 10.1 Å². The highest BCUT2D eigenvalue weighted by Crippen LogP contribution is 2.06. The Morgan fingerprint density at radius 2 is 1.30 bits per heavy atom. The summed E-state index contributed by atoms with van der Waals surface area (Å²) in [6.07, 6.45) is 2.33. The van der Waals surface area contributed by atoms with Crippen molar-refractivity contribution in [3.63, 3.8) is 0 Å². The molecule has 0 atom stereocenters. The van der Waals surface area contributed by atoms with E-state index in [0.717, 1.165) is 12.8 Å². The largest absolute Gasteiger partial charge is 0.748 e. The van der Waals surface area contributed by atoms with Gasteiger partial charge in [-0.1, -0.05) is 26.7 Å². The molecule has 0 N–H and O–H groups in total. The molecule has 0 saturated carbocycles. The number of hydrogen-bond donors (Lipinski definition) is 0. The molecule has 0 rings (SSSR count). The van der Waals surface area contributed by atoms with Gasteiger partial charge >= 0.3 is 0 Å². The molecular formula is C15H35NO3S. The first-order valence-electron chi connectivity index (χ1n) is 7.94. The van der Waals surface area contributed by atoms with Crippen molar-refractivity contribution in [1.29, 1.82) is 0 Å². The van der Waals surface area contributed by atoms with E-state index in [1.807, 2.05) is 0 Å². The van der Waals surface area contributed by atoms with Crippen molar-refractivity contribution in [1.82, 2.24) is 0 Å². The summed E-state index contributed by atoms with van der Waals surface area (Å²) in [6, 6.07) is 0. The number of rotatable bonds is 9. The van der Waals surface area contributed by atoms with Crippen LogP contribution in [-0.2, 0) is 10.1 Å². The van der Waals surface area contributed by atoms with E-state index in [-0.39, 0.29) is 5.75 Å². The fourth-order valence-electron chi connectivity index (χ4n) is 2.17. The maximum Gasteiger partial charge on any atom is 0.0945 e. The van der Waals surface area contributed by atoms with Crippen LogP contribution in [0, 0.1) is 5.92 Å². The van der Waals surface area contributed by atoms with E-state index in [2.05, 4.69) is 41.5 Å². The topological polar surface area (TPSA) is 57.2 Å². The second-order valence-electron chi connectivity index (χ2n) is 5.76. The molecule has 0 saturated heterocycles. The number of nitrogens with zero attached hydrogens (tertiary/aromatic N) is 1. The van der Waals surface area contributed by atoms with Gasteiger partial charge in [0.25, 0.3) is 0 Å². The van der Waals surface area contributed by atoms with Crippen LogP contribution >= 0.6 is 0 Å². The number of quaternary nitrogens is 1. The fraction of sp³-hybridized carbons (Fsp3) is 1.00. The Labute approximate surface area is 126 Å². The lowest BCUT2D eigenvalue weighted by Gasteiger charge is -2.34. The Morgan fingerprint density at radius 1 is 0.900 bits per heavy atom. The summed E-state index contributed by atoms with van der Waals surface area (Å²) in [7, 11) is -3.97. The highest BCUT2D eigenvalue weighted by molar-refractivity contribution is 7.85. The van der Waals surface area contributed by atoms with Crippen LogP contribution in [0.1, 0.15) is 60.8 Å². The molecular weight excluding hydrogens is 274 g/mol. The first-order valence-corrected chi connectivity index (χ1v) is 9.52. The van der Waals surface area contributed by atoms with Crippen LogP contribution in [0.15, 0.2) is 0 Å². The molecule has 4 nitrogen and oxygen atoms in total. The zero-order valence-corrected chi connectivity index (χ0v) is 15.1. The average Bonchev–Trinajstić information content (AvgIpc) is 2.38. The van der Waals surface area contributed by atoms with Crippen molar-refractivity contribution in [2.75, 3.05) is 31.9 Å². The van der Waals surface area contributed by atoms with Crippen molar-refractivity contribution < 1.29 is 17.5 Å². The van der Waals surface area contributed by atoms with Gasteiger partial charge in [-0.05, 0) is 40.0 Å². The molecule has 0 aromatic heterocycles. The van der Waals surface area contributed by atoms with Crippen molar-refractivity contribution in [2.45, 2.75) is 60.8 Å². The molecule has 0 fully saturated rings. The van der Waals surface area contributed by atoms with Gasteiger partial charge in [0.05, 0.1) is 36.3 Å². The molecule has 0 aromatic carbocycles. The summed E-state index contributed by atoms with van der Waals surface area (Å²) in [5, 5.41) is 0. The standard InChI is InChI=1S/C8H20N.C7H16O3S/c1-5-9(6-2,7-3)8-4;1-7(2)5-3-4-6-11(8,9)10/h5-8H2,1-4H3;7H,3-6H2,1-2H3,(H,8,9,10)/q+1;/p-1.